The Morgan fingerprint density at radius 3 is 2.34 bits per heavy atom. The first-order valence-electron chi connectivity index (χ1n) is 21.2. The van der Waals surface area contributed by atoms with Crippen molar-refractivity contribution in [1.29, 1.82) is 0 Å². The average molecular weight is 825 g/mol. The number of hydrogen-bond donors (Lipinski definition) is 2. The summed E-state index contributed by atoms with van der Waals surface area (Å²) in [6, 6.07) is 11.7. The summed E-state index contributed by atoms with van der Waals surface area (Å²) in [5.41, 5.74) is 4.10. The number of aliphatic hydroxyl groups is 1. The van der Waals surface area contributed by atoms with Crippen LogP contribution in [0.1, 0.15) is 151 Å². The van der Waals surface area contributed by atoms with Gasteiger partial charge in [-0.3, -0.25) is 39.0 Å². The number of carbonyl (C=O) groups excluding carboxylic acids is 6. The number of fused-ring (bicyclic) bond motifs is 2. The molecule has 0 saturated carbocycles. The summed E-state index contributed by atoms with van der Waals surface area (Å²) in [5.74, 6) is -0.970. The molecule has 1 unspecified atom stereocenters. The SMILES string of the molecule is C[C@@H]1C[C@@H](O)c2ncnc(N3CCN(C(=O)[C@H](CCCCC(=O)CCCCCCCc4cccc5c4C(=O)N(C4CCC(=O)NC4=O)C5=O)c4ccc(Cl)cc4)CC3)c21. The second-order valence-corrected chi connectivity index (χ2v) is 16.8. The minimum absolute atomic E-state index is 0.0810. The number of imide groups is 2. The zero-order valence-electron chi connectivity index (χ0n) is 33.7. The molecule has 13 nitrogen and oxygen atoms in total. The van der Waals surface area contributed by atoms with E-state index in [9.17, 15) is 33.9 Å². The fraction of sp³-hybridized carbons (Fsp3) is 0.511. The second kappa shape index (κ2) is 18.9. The van der Waals surface area contributed by atoms with Crippen molar-refractivity contribution in [3.8, 4) is 0 Å². The molecule has 0 bridgehead atoms. The van der Waals surface area contributed by atoms with Crippen LogP contribution in [0, 0.1) is 0 Å². The van der Waals surface area contributed by atoms with Gasteiger partial charge in [-0.1, -0.05) is 68.5 Å². The third-order valence-corrected chi connectivity index (χ3v) is 12.6. The van der Waals surface area contributed by atoms with E-state index in [1.54, 1.807) is 12.1 Å². The van der Waals surface area contributed by atoms with Gasteiger partial charge >= 0.3 is 0 Å². The summed E-state index contributed by atoms with van der Waals surface area (Å²) >= 11 is 6.20. The van der Waals surface area contributed by atoms with Gasteiger partial charge in [-0.15, -0.1) is 0 Å². The number of rotatable bonds is 17. The van der Waals surface area contributed by atoms with Gasteiger partial charge in [0.15, 0.2) is 0 Å². The van der Waals surface area contributed by atoms with E-state index in [1.807, 2.05) is 35.2 Å². The largest absolute Gasteiger partial charge is 0.387 e. The predicted octanol–water partition coefficient (Wildman–Crippen LogP) is 6.22. The van der Waals surface area contributed by atoms with Crippen LogP contribution in [0.5, 0.6) is 0 Å². The molecule has 3 aliphatic heterocycles. The Hall–Kier alpha value is -5.01. The number of piperidine rings is 1. The number of anilines is 1. The highest BCUT2D eigenvalue weighted by Crippen LogP contribution is 2.43. The lowest BCUT2D eigenvalue weighted by Gasteiger charge is -2.38. The van der Waals surface area contributed by atoms with Gasteiger partial charge in [0.2, 0.25) is 17.7 Å². The van der Waals surface area contributed by atoms with Crippen molar-refractivity contribution in [2.45, 2.75) is 121 Å². The molecule has 2 saturated heterocycles. The molecule has 312 valence electrons. The third-order valence-electron chi connectivity index (χ3n) is 12.4. The van der Waals surface area contributed by atoms with Gasteiger partial charge in [-0.05, 0) is 80.2 Å². The monoisotopic (exact) mass is 824 g/mol. The smallest absolute Gasteiger partial charge is 0.262 e. The molecule has 7 rings (SSSR count). The molecule has 2 N–H and O–H groups in total. The molecule has 59 heavy (non-hydrogen) atoms. The number of piperazine rings is 1. The third kappa shape index (κ3) is 9.41. The Morgan fingerprint density at radius 2 is 1.59 bits per heavy atom. The highest BCUT2D eigenvalue weighted by molar-refractivity contribution is 6.30. The fourth-order valence-electron chi connectivity index (χ4n) is 9.20. The maximum atomic E-state index is 14.0. The maximum absolute atomic E-state index is 14.0. The quantitative estimate of drug-likeness (QED) is 0.118. The highest BCUT2D eigenvalue weighted by atomic mass is 35.5. The number of Topliss-reactive ketones (excluding diaryl/α,β-unsaturated/α-hetero) is 1. The van der Waals surface area contributed by atoms with E-state index in [4.69, 9.17) is 11.6 Å². The van der Waals surface area contributed by atoms with Crippen LogP contribution in [0.15, 0.2) is 48.8 Å². The Morgan fingerprint density at radius 1 is 0.881 bits per heavy atom. The minimum Gasteiger partial charge on any atom is -0.387 e. The van der Waals surface area contributed by atoms with E-state index in [0.29, 0.717) is 80.1 Å². The van der Waals surface area contributed by atoms with Crippen molar-refractivity contribution in [1.82, 2.24) is 25.1 Å². The van der Waals surface area contributed by atoms with Crippen LogP contribution in [0.25, 0.3) is 0 Å². The van der Waals surface area contributed by atoms with Gasteiger partial charge < -0.3 is 14.9 Å². The topological polar surface area (TPSA) is 170 Å². The summed E-state index contributed by atoms with van der Waals surface area (Å²) in [6.45, 7) is 4.51. The number of aliphatic hydroxyl groups excluding tert-OH is 1. The van der Waals surface area contributed by atoms with Crippen LogP contribution in [0.4, 0.5) is 5.82 Å². The summed E-state index contributed by atoms with van der Waals surface area (Å²) in [4.78, 5) is 91.5. The number of hydrogen-bond acceptors (Lipinski definition) is 10. The number of nitrogens with one attached hydrogen (secondary N) is 1. The van der Waals surface area contributed by atoms with E-state index in [2.05, 4.69) is 27.1 Å². The van der Waals surface area contributed by atoms with Crippen LogP contribution in [-0.2, 0) is 25.6 Å². The van der Waals surface area contributed by atoms with Crippen LogP contribution >= 0.6 is 11.6 Å². The molecule has 4 heterocycles. The van der Waals surface area contributed by atoms with Gasteiger partial charge in [0.1, 0.15) is 24.0 Å². The first kappa shape index (κ1) is 42.1. The second-order valence-electron chi connectivity index (χ2n) is 16.4. The molecule has 2 fully saturated rings. The van der Waals surface area contributed by atoms with Crippen molar-refractivity contribution in [2.75, 3.05) is 31.1 Å². The lowest BCUT2D eigenvalue weighted by molar-refractivity contribution is -0.136. The minimum atomic E-state index is -0.983. The van der Waals surface area contributed by atoms with E-state index >= 15 is 0 Å². The van der Waals surface area contributed by atoms with E-state index < -0.39 is 35.8 Å². The van der Waals surface area contributed by atoms with Crippen molar-refractivity contribution in [2.24, 2.45) is 0 Å². The number of ketones is 1. The summed E-state index contributed by atoms with van der Waals surface area (Å²) in [6.07, 6.45) is 9.94. The van der Waals surface area contributed by atoms with Crippen LogP contribution < -0.4 is 10.2 Å². The molecule has 0 radical (unpaired) electrons. The highest BCUT2D eigenvalue weighted by Gasteiger charge is 2.45. The van der Waals surface area contributed by atoms with Crippen molar-refractivity contribution in [3.05, 3.63) is 87.3 Å². The zero-order chi connectivity index (χ0) is 41.6. The fourth-order valence-corrected chi connectivity index (χ4v) is 9.32. The zero-order valence-corrected chi connectivity index (χ0v) is 34.4. The standard InChI is InChI=1S/C45H53ClN6O7/c1-28-26-36(54)40-38(28)41(48-27-47-40)50-22-24-51(25-23-50)43(57)33(29-16-18-31(46)19-17-29)14-8-7-13-32(53)12-6-4-2-3-5-10-30-11-9-15-34-39(30)45(59)52(44(34)58)35-20-21-37(55)49-42(35)56/h9,11,15-19,27-28,33,35-36,54H,2-8,10,12-14,20-26H2,1H3,(H,49,55,56)/t28-,33-,35?,36-/m1/s1. The van der Waals surface area contributed by atoms with Crippen molar-refractivity contribution >= 4 is 52.7 Å². The molecule has 4 atom stereocenters. The molecule has 14 heteroatoms. The molecule has 1 aromatic heterocycles. The maximum Gasteiger partial charge on any atom is 0.262 e. The Labute approximate surface area is 349 Å². The first-order valence-corrected chi connectivity index (χ1v) is 21.6. The number of carbonyl (C=O) groups is 6. The van der Waals surface area contributed by atoms with Crippen LogP contribution in [-0.4, -0.2) is 92.4 Å². The van der Waals surface area contributed by atoms with Crippen LogP contribution in [0.3, 0.4) is 0 Å². The lowest BCUT2D eigenvalue weighted by Crippen LogP contribution is -2.54. The van der Waals surface area contributed by atoms with Gasteiger partial charge in [-0.25, -0.2) is 9.97 Å². The van der Waals surface area contributed by atoms with Gasteiger partial charge in [-0.2, -0.15) is 0 Å². The van der Waals surface area contributed by atoms with Crippen molar-refractivity contribution < 1.29 is 33.9 Å². The number of benzene rings is 2. The molecular weight excluding hydrogens is 772 g/mol. The van der Waals surface area contributed by atoms with E-state index in [1.165, 1.54) is 6.33 Å². The van der Waals surface area contributed by atoms with E-state index in [0.717, 1.165) is 72.4 Å². The average Bonchev–Trinajstić information content (AvgIpc) is 3.67. The summed E-state index contributed by atoms with van der Waals surface area (Å²) in [5, 5.41) is 13.3. The van der Waals surface area contributed by atoms with Gasteiger partial charge in [0.05, 0.1) is 28.8 Å². The molecule has 1 aliphatic carbocycles. The Bertz CT molecular complexity index is 2080. The molecule has 3 aromatic rings. The van der Waals surface area contributed by atoms with Crippen LogP contribution in [0.2, 0.25) is 5.02 Å². The van der Waals surface area contributed by atoms with Gasteiger partial charge in [0, 0.05) is 56.0 Å². The molecule has 2 aromatic carbocycles. The predicted molar refractivity (Wildman–Crippen MR) is 221 cm³/mol. The van der Waals surface area contributed by atoms with Gasteiger partial charge in [0.25, 0.3) is 11.8 Å². The lowest BCUT2D eigenvalue weighted by atomic mass is 9.91. The Balaban J connectivity index is 0.817. The Kier molecular flexibility index (Phi) is 13.5. The molecule has 5 amide bonds. The number of amides is 5. The number of halogens is 1. The molecule has 4 aliphatic rings. The van der Waals surface area contributed by atoms with E-state index in [-0.39, 0.29) is 36.4 Å². The molecule has 0 spiro atoms. The number of unbranched alkanes of at least 4 members (excludes halogenated alkanes) is 5. The first-order chi connectivity index (χ1) is 28.5. The summed E-state index contributed by atoms with van der Waals surface area (Å²) in [7, 11) is 0. The van der Waals surface area contributed by atoms with Crippen molar-refractivity contribution in [3.63, 3.8) is 0 Å². The normalized spacial score (nSPS) is 20.8. The summed E-state index contributed by atoms with van der Waals surface area (Å²) < 4.78 is 0. The number of aromatic nitrogens is 2. The molecular formula is C45H53ClN6O7. The number of nitrogens with zero attached hydrogens (tertiary/aromatic N) is 5. The number of aryl methyl sites for hydroxylation is 1.